The van der Waals surface area contributed by atoms with Gasteiger partial charge in [0.25, 0.3) is 0 Å². The number of benzene rings is 1. The molecule has 1 aromatic heterocycles. The van der Waals surface area contributed by atoms with Crippen LogP contribution in [0.1, 0.15) is 11.1 Å². The van der Waals surface area contributed by atoms with E-state index in [9.17, 15) is 14.0 Å². The zero-order valence-electron chi connectivity index (χ0n) is 10.9. The van der Waals surface area contributed by atoms with E-state index in [1.165, 1.54) is 18.3 Å². The van der Waals surface area contributed by atoms with Gasteiger partial charge in [0.05, 0.1) is 12.7 Å². The van der Waals surface area contributed by atoms with Gasteiger partial charge >= 0.3 is 11.9 Å². The summed E-state index contributed by atoms with van der Waals surface area (Å²) in [6.07, 6.45) is 2.89. The van der Waals surface area contributed by atoms with Gasteiger partial charge in [0.15, 0.2) is 5.92 Å². The fraction of sp³-hybridized carbons (Fsp3) is 0.214. The predicted molar refractivity (Wildman–Crippen MR) is 70.2 cm³/mol. The molecule has 2 N–H and O–H groups in total. The van der Waals surface area contributed by atoms with Crippen molar-refractivity contribution in [1.29, 1.82) is 0 Å². The molecule has 1 aromatic carbocycles. The van der Waals surface area contributed by atoms with Crippen molar-refractivity contribution in [2.45, 2.75) is 13.0 Å². The summed E-state index contributed by atoms with van der Waals surface area (Å²) in [5.74, 6) is -4.58. The normalized spacial score (nSPS) is 10.8. The molecule has 0 atom stereocenters. The molecular formula is C14H13FN2O4. The molecule has 0 unspecified atom stereocenters. The lowest BCUT2D eigenvalue weighted by molar-refractivity contribution is -0.154. The van der Waals surface area contributed by atoms with Gasteiger partial charge in [-0.3, -0.25) is 14.3 Å². The Morgan fingerprint density at radius 3 is 2.33 bits per heavy atom. The van der Waals surface area contributed by atoms with Crippen LogP contribution in [0.2, 0.25) is 0 Å². The van der Waals surface area contributed by atoms with Crippen LogP contribution in [0.3, 0.4) is 0 Å². The predicted octanol–water partition coefficient (Wildman–Crippen LogP) is 1.40. The highest BCUT2D eigenvalue weighted by Gasteiger charge is 2.26. The van der Waals surface area contributed by atoms with Crippen molar-refractivity contribution in [3.63, 3.8) is 0 Å². The van der Waals surface area contributed by atoms with E-state index in [4.69, 9.17) is 10.2 Å². The van der Waals surface area contributed by atoms with Crippen LogP contribution in [0.15, 0.2) is 36.7 Å². The molecule has 21 heavy (non-hydrogen) atoms. The average molecular weight is 292 g/mol. The summed E-state index contributed by atoms with van der Waals surface area (Å²) in [4.78, 5) is 21.7. The molecule has 110 valence electrons. The lowest BCUT2D eigenvalue weighted by Crippen LogP contribution is -2.25. The SMILES string of the molecule is O=C(O)C(Cc1cnn(Cc2ccc(F)cc2)c1)C(=O)O. The van der Waals surface area contributed by atoms with Crippen molar-refractivity contribution in [3.05, 3.63) is 53.6 Å². The fourth-order valence-electron chi connectivity index (χ4n) is 1.89. The van der Waals surface area contributed by atoms with E-state index < -0.39 is 17.9 Å². The Labute approximate surface area is 119 Å². The zero-order valence-corrected chi connectivity index (χ0v) is 10.9. The van der Waals surface area contributed by atoms with Crippen LogP contribution < -0.4 is 0 Å². The maximum Gasteiger partial charge on any atom is 0.318 e. The first-order valence-electron chi connectivity index (χ1n) is 6.17. The molecule has 0 amide bonds. The number of carbonyl (C=O) groups is 2. The summed E-state index contributed by atoms with van der Waals surface area (Å²) in [5, 5.41) is 21.7. The van der Waals surface area contributed by atoms with Gasteiger partial charge < -0.3 is 10.2 Å². The first-order valence-corrected chi connectivity index (χ1v) is 6.17. The van der Waals surface area contributed by atoms with Crippen LogP contribution in [0.25, 0.3) is 0 Å². The van der Waals surface area contributed by atoms with Gasteiger partial charge in [0.1, 0.15) is 5.82 Å². The molecule has 0 aliphatic carbocycles. The summed E-state index contributed by atoms with van der Waals surface area (Å²) in [5.41, 5.74) is 1.35. The number of halogens is 1. The van der Waals surface area contributed by atoms with Crippen molar-refractivity contribution in [3.8, 4) is 0 Å². The van der Waals surface area contributed by atoms with Crippen molar-refractivity contribution < 1.29 is 24.2 Å². The number of aromatic nitrogens is 2. The summed E-state index contributed by atoms with van der Waals surface area (Å²) in [6, 6.07) is 5.91. The van der Waals surface area contributed by atoms with E-state index in [0.717, 1.165) is 5.56 Å². The van der Waals surface area contributed by atoms with Gasteiger partial charge in [-0.25, -0.2) is 4.39 Å². The molecule has 1 heterocycles. The lowest BCUT2D eigenvalue weighted by Gasteiger charge is -2.04. The van der Waals surface area contributed by atoms with Gasteiger partial charge in [-0.1, -0.05) is 12.1 Å². The third kappa shape index (κ3) is 3.88. The smallest absolute Gasteiger partial charge is 0.318 e. The van der Waals surface area contributed by atoms with Gasteiger partial charge in [0.2, 0.25) is 0 Å². The molecule has 0 saturated carbocycles. The van der Waals surface area contributed by atoms with Gasteiger partial charge in [-0.2, -0.15) is 5.10 Å². The summed E-state index contributed by atoms with van der Waals surface area (Å²) < 4.78 is 14.3. The Balaban J connectivity index is 2.05. The number of aliphatic carboxylic acids is 2. The topological polar surface area (TPSA) is 92.4 Å². The zero-order chi connectivity index (χ0) is 15.4. The third-order valence-corrected chi connectivity index (χ3v) is 2.98. The van der Waals surface area contributed by atoms with Crippen molar-refractivity contribution in [2.24, 2.45) is 5.92 Å². The minimum atomic E-state index is -1.49. The van der Waals surface area contributed by atoms with E-state index in [1.54, 1.807) is 23.0 Å². The molecule has 6 nitrogen and oxygen atoms in total. The maximum absolute atomic E-state index is 12.8. The van der Waals surface area contributed by atoms with Crippen LogP contribution >= 0.6 is 0 Å². The number of nitrogens with zero attached hydrogens (tertiary/aromatic N) is 2. The van der Waals surface area contributed by atoms with Crippen molar-refractivity contribution in [2.75, 3.05) is 0 Å². The van der Waals surface area contributed by atoms with Crippen LogP contribution in [-0.2, 0) is 22.6 Å². The molecule has 2 rings (SSSR count). The average Bonchev–Trinajstić information content (AvgIpc) is 2.85. The molecule has 7 heteroatoms. The van der Waals surface area contributed by atoms with Crippen molar-refractivity contribution >= 4 is 11.9 Å². The number of rotatable bonds is 6. The Hall–Kier alpha value is -2.70. The van der Waals surface area contributed by atoms with E-state index in [-0.39, 0.29) is 12.2 Å². The molecule has 0 saturated heterocycles. The van der Waals surface area contributed by atoms with Crippen LogP contribution in [0, 0.1) is 11.7 Å². The Morgan fingerprint density at radius 2 is 1.76 bits per heavy atom. The second-order valence-corrected chi connectivity index (χ2v) is 4.61. The van der Waals surface area contributed by atoms with Gasteiger partial charge in [-0.05, 0) is 29.7 Å². The van der Waals surface area contributed by atoms with Crippen LogP contribution in [0.4, 0.5) is 4.39 Å². The van der Waals surface area contributed by atoms with E-state index in [0.29, 0.717) is 12.1 Å². The highest BCUT2D eigenvalue weighted by atomic mass is 19.1. The lowest BCUT2D eigenvalue weighted by atomic mass is 10.0. The highest BCUT2D eigenvalue weighted by Crippen LogP contribution is 2.11. The highest BCUT2D eigenvalue weighted by molar-refractivity contribution is 5.93. The van der Waals surface area contributed by atoms with Crippen LogP contribution in [0.5, 0.6) is 0 Å². The first-order chi connectivity index (χ1) is 9.95. The molecule has 0 aliphatic rings. The Morgan fingerprint density at radius 1 is 1.14 bits per heavy atom. The van der Waals surface area contributed by atoms with Gasteiger partial charge in [0, 0.05) is 6.20 Å². The molecule has 0 spiro atoms. The Kier molecular flexibility index (Phi) is 4.32. The number of carboxylic acid groups (broad SMARTS) is 2. The summed E-state index contributed by atoms with van der Waals surface area (Å²) in [7, 11) is 0. The second kappa shape index (κ2) is 6.17. The number of hydrogen-bond acceptors (Lipinski definition) is 3. The standard InChI is InChI=1S/C14H13FN2O4/c15-11-3-1-9(2-4-11)7-17-8-10(6-16-17)5-12(13(18)19)14(20)21/h1-4,6,8,12H,5,7H2,(H,18,19)(H,20,21). The maximum atomic E-state index is 12.8. The van der Waals surface area contributed by atoms with Gasteiger partial charge in [-0.15, -0.1) is 0 Å². The third-order valence-electron chi connectivity index (χ3n) is 2.98. The molecule has 0 aliphatic heterocycles. The fourth-order valence-corrected chi connectivity index (χ4v) is 1.89. The largest absolute Gasteiger partial charge is 0.481 e. The number of carboxylic acids is 2. The van der Waals surface area contributed by atoms with Crippen molar-refractivity contribution in [1.82, 2.24) is 9.78 Å². The van der Waals surface area contributed by atoms with E-state index in [2.05, 4.69) is 5.10 Å². The minimum absolute atomic E-state index is 0.131. The monoisotopic (exact) mass is 292 g/mol. The molecule has 0 fully saturated rings. The van der Waals surface area contributed by atoms with E-state index in [1.807, 2.05) is 0 Å². The second-order valence-electron chi connectivity index (χ2n) is 4.61. The summed E-state index contributed by atoms with van der Waals surface area (Å²) in [6.45, 7) is 0.394. The summed E-state index contributed by atoms with van der Waals surface area (Å²) >= 11 is 0. The molecule has 2 aromatic rings. The quantitative estimate of drug-likeness (QED) is 0.785. The molecular weight excluding hydrogens is 279 g/mol. The minimum Gasteiger partial charge on any atom is -0.481 e. The Bertz CT molecular complexity index is 637. The first kappa shape index (κ1) is 14.7. The van der Waals surface area contributed by atoms with E-state index >= 15 is 0 Å². The number of hydrogen-bond donors (Lipinski definition) is 2. The molecule has 0 radical (unpaired) electrons. The molecule has 0 bridgehead atoms. The van der Waals surface area contributed by atoms with Crippen LogP contribution in [-0.4, -0.2) is 31.9 Å².